The van der Waals surface area contributed by atoms with Crippen molar-refractivity contribution in [1.29, 1.82) is 0 Å². The van der Waals surface area contributed by atoms with Crippen LogP contribution in [0.1, 0.15) is 45.6 Å². The Hall–Kier alpha value is -0.860. The van der Waals surface area contributed by atoms with Crippen LogP contribution in [-0.4, -0.2) is 29.6 Å². The maximum atomic E-state index is 3.90. The molecule has 0 aromatic heterocycles. The van der Waals surface area contributed by atoms with Gasteiger partial charge in [-0.05, 0) is 37.2 Å². The first kappa shape index (κ1) is 15.1. The molecule has 1 heterocycles. The number of nitrogens with one attached hydrogen (secondary N) is 1. The topological polar surface area (TPSA) is 15.3 Å². The van der Waals surface area contributed by atoms with Crippen LogP contribution in [0.3, 0.4) is 0 Å². The molecule has 1 N–H and O–H groups in total. The van der Waals surface area contributed by atoms with Gasteiger partial charge in [0.05, 0.1) is 0 Å². The summed E-state index contributed by atoms with van der Waals surface area (Å²) in [4.78, 5) is 2.75. The maximum absolute atomic E-state index is 3.90. The molecule has 2 nitrogen and oxygen atoms in total. The van der Waals surface area contributed by atoms with Crippen molar-refractivity contribution < 1.29 is 0 Å². The fourth-order valence-corrected chi connectivity index (χ4v) is 3.88. The molecule has 1 aliphatic carbocycles. The predicted molar refractivity (Wildman–Crippen MR) is 89.2 cm³/mol. The Morgan fingerprint density at radius 2 is 2.00 bits per heavy atom. The third-order valence-electron chi connectivity index (χ3n) is 5.72. The molecule has 3 rings (SSSR count). The van der Waals surface area contributed by atoms with E-state index in [9.17, 15) is 0 Å². The molecule has 2 heteroatoms. The summed E-state index contributed by atoms with van der Waals surface area (Å²) in [5.41, 5.74) is 1.78. The van der Waals surface area contributed by atoms with E-state index in [-0.39, 0.29) is 0 Å². The van der Waals surface area contributed by atoms with E-state index in [1.54, 1.807) is 0 Å². The minimum atomic E-state index is 0.332. The van der Waals surface area contributed by atoms with E-state index in [4.69, 9.17) is 0 Å². The lowest BCUT2D eigenvalue weighted by atomic mass is 9.86. The molecule has 3 unspecified atom stereocenters. The molecule has 0 bridgehead atoms. The molecule has 0 spiro atoms. The lowest BCUT2D eigenvalue weighted by molar-refractivity contribution is 0.0413. The van der Waals surface area contributed by atoms with Crippen molar-refractivity contribution >= 4 is 0 Å². The van der Waals surface area contributed by atoms with E-state index in [1.807, 2.05) is 0 Å². The summed E-state index contributed by atoms with van der Waals surface area (Å²) in [5.74, 6) is 1.65. The molecule has 116 valence electrons. The van der Waals surface area contributed by atoms with Gasteiger partial charge in [-0.2, -0.15) is 0 Å². The number of nitrogens with zero attached hydrogens (tertiary/aromatic N) is 1. The van der Waals surface area contributed by atoms with Crippen LogP contribution in [-0.2, 0) is 6.54 Å². The molecule has 2 fully saturated rings. The standard InChI is InChI=1S/C19H30N2/c1-4-15(2)18-12-20-19(3,17-10-11-17)14-21(18)13-16-8-6-5-7-9-16/h5-9,15,17-18,20H,4,10-14H2,1-3H3. The first-order chi connectivity index (χ1) is 10.1. The highest BCUT2D eigenvalue weighted by Crippen LogP contribution is 2.42. The molecular weight excluding hydrogens is 256 g/mol. The van der Waals surface area contributed by atoms with E-state index >= 15 is 0 Å². The van der Waals surface area contributed by atoms with Gasteiger partial charge in [-0.1, -0.05) is 50.6 Å². The van der Waals surface area contributed by atoms with Gasteiger partial charge >= 0.3 is 0 Å². The minimum absolute atomic E-state index is 0.332. The maximum Gasteiger partial charge on any atom is 0.0309 e. The van der Waals surface area contributed by atoms with Crippen LogP contribution in [0.2, 0.25) is 0 Å². The average Bonchev–Trinajstić information content (AvgIpc) is 3.33. The summed E-state index contributed by atoms with van der Waals surface area (Å²) in [7, 11) is 0. The van der Waals surface area contributed by atoms with E-state index in [1.165, 1.54) is 31.4 Å². The molecule has 1 aromatic carbocycles. The van der Waals surface area contributed by atoms with Crippen molar-refractivity contribution in [3.8, 4) is 0 Å². The second-order valence-corrected chi connectivity index (χ2v) is 7.42. The lowest BCUT2D eigenvalue weighted by Crippen LogP contribution is -2.64. The SMILES string of the molecule is CCC(C)C1CNC(C)(C2CC2)CN1Cc1ccccc1. The molecule has 3 atom stereocenters. The largest absolute Gasteiger partial charge is 0.308 e. The number of benzene rings is 1. The summed E-state index contributed by atoms with van der Waals surface area (Å²) in [6.07, 6.45) is 4.09. The molecule has 0 radical (unpaired) electrons. The third-order valence-corrected chi connectivity index (χ3v) is 5.72. The molecule has 1 aromatic rings. The smallest absolute Gasteiger partial charge is 0.0309 e. The van der Waals surface area contributed by atoms with Gasteiger partial charge in [0.2, 0.25) is 0 Å². The monoisotopic (exact) mass is 286 g/mol. The minimum Gasteiger partial charge on any atom is -0.308 e. The zero-order chi connectivity index (χ0) is 14.9. The zero-order valence-corrected chi connectivity index (χ0v) is 13.8. The number of rotatable bonds is 5. The van der Waals surface area contributed by atoms with Crippen LogP contribution in [0, 0.1) is 11.8 Å². The van der Waals surface area contributed by atoms with Gasteiger partial charge in [-0.3, -0.25) is 4.90 Å². The Bertz CT molecular complexity index is 454. The zero-order valence-electron chi connectivity index (χ0n) is 13.8. The Labute approximate surface area is 129 Å². The quantitative estimate of drug-likeness (QED) is 0.888. The summed E-state index contributed by atoms with van der Waals surface area (Å²) >= 11 is 0. The summed E-state index contributed by atoms with van der Waals surface area (Å²) in [5, 5.41) is 3.90. The molecule has 2 aliphatic rings. The van der Waals surface area contributed by atoms with Crippen molar-refractivity contribution in [2.24, 2.45) is 11.8 Å². The Balaban J connectivity index is 1.75. The molecular formula is C19H30N2. The van der Waals surface area contributed by atoms with Gasteiger partial charge in [0.15, 0.2) is 0 Å². The van der Waals surface area contributed by atoms with Crippen molar-refractivity contribution in [3.05, 3.63) is 35.9 Å². The van der Waals surface area contributed by atoms with Crippen LogP contribution in [0.25, 0.3) is 0 Å². The van der Waals surface area contributed by atoms with Gasteiger partial charge in [-0.15, -0.1) is 0 Å². The van der Waals surface area contributed by atoms with E-state index < -0.39 is 0 Å². The summed E-state index contributed by atoms with van der Waals surface area (Å²) in [6, 6.07) is 11.6. The Morgan fingerprint density at radius 3 is 2.62 bits per heavy atom. The lowest BCUT2D eigenvalue weighted by Gasteiger charge is -2.48. The number of hydrogen-bond acceptors (Lipinski definition) is 2. The molecule has 21 heavy (non-hydrogen) atoms. The van der Waals surface area contributed by atoms with Crippen LogP contribution < -0.4 is 5.32 Å². The van der Waals surface area contributed by atoms with E-state index in [0.717, 1.165) is 24.9 Å². The fourth-order valence-electron chi connectivity index (χ4n) is 3.88. The highest BCUT2D eigenvalue weighted by Gasteiger charge is 2.46. The third kappa shape index (κ3) is 3.32. The molecule has 1 saturated heterocycles. The van der Waals surface area contributed by atoms with Crippen molar-refractivity contribution in [2.75, 3.05) is 13.1 Å². The van der Waals surface area contributed by atoms with Gasteiger partial charge < -0.3 is 5.32 Å². The molecule has 0 amide bonds. The highest BCUT2D eigenvalue weighted by molar-refractivity contribution is 5.16. The van der Waals surface area contributed by atoms with Crippen LogP contribution >= 0.6 is 0 Å². The Kier molecular flexibility index (Phi) is 4.37. The summed E-state index contributed by atoms with van der Waals surface area (Å²) in [6.45, 7) is 10.6. The molecule has 1 saturated carbocycles. The van der Waals surface area contributed by atoms with Crippen LogP contribution in [0.15, 0.2) is 30.3 Å². The number of piperazine rings is 1. The number of hydrogen-bond donors (Lipinski definition) is 1. The highest BCUT2D eigenvalue weighted by atomic mass is 15.3. The second-order valence-electron chi connectivity index (χ2n) is 7.42. The normalized spacial score (nSPS) is 32.0. The van der Waals surface area contributed by atoms with E-state index in [0.29, 0.717) is 11.6 Å². The Morgan fingerprint density at radius 1 is 1.29 bits per heavy atom. The van der Waals surface area contributed by atoms with Crippen molar-refractivity contribution in [2.45, 2.75) is 58.2 Å². The van der Waals surface area contributed by atoms with Gasteiger partial charge in [0, 0.05) is 31.2 Å². The van der Waals surface area contributed by atoms with Crippen LogP contribution in [0.5, 0.6) is 0 Å². The average molecular weight is 286 g/mol. The van der Waals surface area contributed by atoms with Crippen molar-refractivity contribution in [3.63, 3.8) is 0 Å². The van der Waals surface area contributed by atoms with Gasteiger partial charge in [-0.25, -0.2) is 0 Å². The van der Waals surface area contributed by atoms with Crippen molar-refractivity contribution in [1.82, 2.24) is 10.2 Å². The van der Waals surface area contributed by atoms with Crippen LogP contribution in [0.4, 0.5) is 0 Å². The first-order valence-electron chi connectivity index (χ1n) is 8.65. The fraction of sp³-hybridized carbons (Fsp3) is 0.684. The second kappa shape index (κ2) is 6.10. The molecule has 1 aliphatic heterocycles. The van der Waals surface area contributed by atoms with Gasteiger partial charge in [0.25, 0.3) is 0 Å². The summed E-state index contributed by atoms with van der Waals surface area (Å²) < 4.78 is 0. The van der Waals surface area contributed by atoms with E-state index in [2.05, 4.69) is 61.3 Å². The predicted octanol–water partition coefficient (Wildman–Crippen LogP) is 3.68. The van der Waals surface area contributed by atoms with Gasteiger partial charge in [0.1, 0.15) is 0 Å². The first-order valence-corrected chi connectivity index (χ1v) is 8.65.